The highest BCUT2D eigenvalue weighted by Gasteiger charge is 2.11. The van der Waals surface area contributed by atoms with Gasteiger partial charge in [0.1, 0.15) is 5.69 Å². The van der Waals surface area contributed by atoms with E-state index in [1.165, 1.54) is 10.4 Å². The number of hydrogen-bond acceptors (Lipinski definition) is 2. The van der Waals surface area contributed by atoms with E-state index in [-0.39, 0.29) is 0 Å². The molecule has 0 spiro atoms. The lowest BCUT2D eigenvalue weighted by Gasteiger charge is -2.02. The third-order valence-electron chi connectivity index (χ3n) is 2.22. The molecule has 0 aliphatic rings. The molecule has 80 valence electrons. The van der Waals surface area contributed by atoms with Crippen molar-refractivity contribution in [1.29, 1.82) is 0 Å². The summed E-state index contributed by atoms with van der Waals surface area (Å²) in [5.41, 5.74) is 2.23. The topological polar surface area (TPSA) is 17.8 Å². The molecule has 0 N–H and O–H groups in total. The van der Waals surface area contributed by atoms with Crippen LogP contribution in [0.3, 0.4) is 0 Å². The van der Waals surface area contributed by atoms with Crippen LogP contribution in [0.1, 0.15) is 24.8 Å². The summed E-state index contributed by atoms with van der Waals surface area (Å²) in [5, 5.41) is 6.72. The van der Waals surface area contributed by atoms with Gasteiger partial charge < -0.3 is 0 Å². The second-order valence-corrected chi connectivity index (χ2v) is 5.82. The molecule has 2 aromatic rings. The highest BCUT2D eigenvalue weighted by atomic mass is 79.9. The maximum Gasteiger partial charge on any atom is 0.107 e. The minimum Gasteiger partial charge on any atom is -0.268 e. The summed E-state index contributed by atoms with van der Waals surface area (Å²) in [6, 6.07) is 2.57. The van der Waals surface area contributed by atoms with Crippen LogP contribution >= 0.6 is 27.3 Å². The zero-order valence-corrected chi connectivity index (χ0v) is 11.4. The molecule has 2 aromatic heterocycles. The van der Waals surface area contributed by atoms with Crippen molar-refractivity contribution in [2.24, 2.45) is 0 Å². The van der Waals surface area contributed by atoms with Crippen LogP contribution < -0.4 is 0 Å². The lowest BCUT2D eigenvalue weighted by atomic mass is 10.2. The molecule has 0 unspecified atom stereocenters. The van der Waals surface area contributed by atoms with E-state index >= 15 is 0 Å². The van der Waals surface area contributed by atoms with Gasteiger partial charge in [0, 0.05) is 28.1 Å². The Balaban J connectivity index is 2.44. The number of rotatable bonds is 2. The molecule has 15 heavy (non-hydrogen) atoms. The first-order chi connectivity index (χ1) is 7.08. The molecule has 0 saturated carbocycles. The van der Waals surface area contributed by atoms with E-state index in [9.17, 15) is 0 Å². The number of nitrogens with zero attached hydrogens (tertiary/aromatic N) is 2. The largest absolute Gasteiger partial charge is 0.268 e. The molecule has 0 atom stereocenters. The van der Waals surface area contributed by atoms with Gasteiger partial charge >= 0.3 is 0 Å². The fourth-order valence-corrected chi connectivity index (χ4v) is 2.60. The van der Waals surface area contributed by atoms with Crippen molar-refractivity contribution in [3.8, 4) is 11.3 Å². The van der Waals surface area contributed by atoms with E-state index in [1.54, 1.807) is 11.3 Å². The van der Waals surface area contributed by atoms with Crippen molar-refractivity contribution in [3.63, 3.8) is 0 Å². The first-order valence-corrected chi connectivity index (χ1v) is 6.55. The molecule has 0 aromatic carbocycles. The van der Waals surface area contributed by atoms with Crippen LogP contribution in [0.5, 0.6) is 0 Å². The number of hydrogen-bond donors (Lipinski definition) is 0. The average Bonchev–Trinajstić information content (AvgIpc) is 2.71. The van der Waals surface area contributed by atoms with Gasteiger partial charge in [-0.25, -0.2) is 0 Å². The van der Waals surface area contributed by atoms with Crippen molar-refractivity contribution in [1.82, 2.24) is 9.78 Å². The molecular formula is C11H13BrN2S. The highest BCUT2D eigenvalue weighted by molar-refractivity contribution is 9.10. The molecular weight excluding hydrogens is 272 g/mol. The van der Waals surface area contributed by atoms with E-state index in [1.807, 2.05) is 10.9 Å². The van der Waals surface area contributed by atoms with Gasteiger partial charge in [-0.1, -0.05) is 0 Å². The van der Waals surface area contributed by atoms with Gasteiger partial charge in [0.2, 0.25) is 0 Å². The molecule has 0 amide bonds. The third-order valence-corrected chi connectivity index (χ3v) is 3.66. The van der Waals surface area contributed by atoms with Crippen LogP contribution in [0.4, 0.5) is 0 Å². The first kappa shape index (κ1) is 10.9. The van der Waals surface area contributed by atoms with Gasteiger partial charge in [-0.2, -0.15) is 5.10 Å². The van der Waals surface area contributed by atoms with Crippen LogP contribution in [-0.2, 0) is 0 Å². The predicted molar refractivity (Wildman–Crippen MR) is 68.4 cm³/mol. The molecule has 2 rings (SSSR count). The summed E-state index contributed by atoms with van der Waals surface area (Å²) < 4.78 is 3.04. The van der Waals surface area contributed by atoms with Gasteiger partial charge in [-0.05, 0) is 42.8 Å². The predicted octanol–water partition coefficient (Wildman–Crippen LogP) is 4.26. The number of aryl methyl sites for hydroxylation is 1. The maximum atomic E-state index is 4.57. The van der Waals surface area contributed by atoms with Gasteiger partial charge in [-0.3, -0.25) is 4.68 Å². The number of aromatic nitrogens is 2. The van der Waals surface area contributed by atoms with Crippen LogP contribution in [-0.4, -0.2) is 9.78 Å². The first-order valence-electron chi connectivity index (χ1n) is 4.88. The Morgan fingerprint density at radius 2 is 2.20 bits per heavy atom. The molecule has 0 saturated heterocycles. The quantitative estimate of drug-likeness (QED) is 0.806. The fourth-order valence-electron chi connectivity index (χ4n) is 1.40. The van der Waals surface area contributed by atoms with E-state index in [0.717, 1.165) is 10.2 Å². The maximum absolute atomic E-state index is 4.57. The van der Waals surface area contributed by atoms with Gasteiger partial charge in [-0.15, -0.1) is 11.3 Å². The minimum absolute atomic E-state index is 0.398. The Morgan fingerprint density at radius 1 is 1.47 bits per heavy atom. The smallest absolute Gasteiger partial charge is 0.107 e. The summed E-state index contributed by atoms with van der Waals surface area (Å²) in [5.74, 6) is 0. The van der Waals surface area contributed by atoms with E-state index in [4.69, 9.17) is 0 Å². The fraction of sp³-hybridized carbons (Fsp3) is 0.364. The second-order valence-electron chi connectivity index (χ2n) is 3.85. The van der Waals surface area contributed by atoms with Gasteiger partial charge in [0.05, 0.1) is 4.47 Å². The summed E-state index contributed by atoms with van der Waals surface area (Å²) >= 11 is 5.31. The average molecular weight is 285 g/mol. The highest BCUT2D eigenvalue weighted by Crippen LogP contribution is 2.30. The molecule has 0 aliphatic carbocycles. The molecule has 2 heterocycles. The molecule has 4 heteroatoms. The number of halogens is 1. The van der Waals surface area contributed by atoms with Crippen molar-refractivity contribution >= 4 is 27.3 Å². The van der Waals surface area contributed by atoms with Gasteiger partial charge in [0.15, 0.2) is 0 Å². The van der Waals surface area contributed by atoms with Crippen molar-refractivity contribution in [3.05, 3.63) is 27.0 Å². The van der Waals surface area contributed by atoms with E-state index < -0.39 is 0 Å². The molecule has 0 fully saturated rings. The standard InChI is InChI=1S/C11H13BrN2S/c1-7(2)14-5-10(12)11(13-14)9-4-8(3)15-6-9/h4-7H,1-3H3. The Bertz CT molecular complexity index is 471. The monoisotopic (exact) mass is 284 g/mol. The minimum atomic E-state index is 0.398. The Labute approximate surface area is 102 Å². The van der Waals surface area contributed by atoms with Crippen molar-refractivity contribution in [2.75, 3.05) is 0 Å². The van der Waals surface area contributed by atoms with E-state index in [0.29, 0.717) is 6.04 Å². The van der Waals surface area contributed by atoms with Crippen LogP contribution in [0.25, 0.3) is 11.3 Å². The van der Waals surface area contributed by atoms with E-state index in [2.05, 4.69) is 53.2 Å². The zero-order valence-electron chi connectivity index (χ0n) is 8.99. The molecule has 0 bridgehead atoms. The normalized spacial score (nSPS) is 11.3. The molecule has 0 aliphatic heterocycles. The summed E-state index contributed by atoms with van der Waals surface area (Å²) in [4.78, 5) is 1.32. The van der Waals surface area contributed by atoms with Crippen LogP contribution in [0, 0.1) is 6.92 Å². The van der Waals surface area contributed by atoms with Crippen LogP contribution in [0.2, 0.25) is 0 Å². The van der Waals surface area contributed by atoms with Crippen LogP contribution in [0.15, 0.2) is 22.1 Å². The third kappa shape index (κ3) is 2.16. The molecule has 2 nitrogen and oxygen atoms in total. The lowest BCUT2D eigenvalue weighted by molar-refractivity contribution is 0.534. The van der Waals surface area contributed by atoms with Gasteiger partial charge in [0.25, 0.3) is 0 Å². The Hall–Kier alpha value is -0.610. The molecule has 0 radical (unpaired) electrons. The lowest BCUT2D eigenvalue weighted by Crippen LogP contribution is -2.00. The van der Waals surface area contributed by atoms with Crippen molar-refractivity contribution in [2.45, 2.75) is 26.8 Å². The van der Waals surface area contributed by atoms with Crippen molar-refractivity contribution < 1.29 is 0 Å². The summed E-state index contributed by atoms with van der Waals surface area (Å²) in [6.07, 6.45) is 2.03. The second kappa shape index (κ2) is 4.10. The Morgan fingerprint density at radius 3 is 2.67 bits per heavy atom. The Kier molecular flexibility index (Phi) is 2.98. The zero-order chi connectivity index (χ0) is 11.0. The summed E-state index contributed by atoms with van der Waals surface area (Å²) in [6.45, 7) is 6.37. The SMILES string of the molecule is Cc1cc(-c2nn(C(C)C)cc2Br)cs1. The number of thiophene rings is 1. The summed E-state index contributed by atoms with van der Waals surface area (Å²) in [7, 11) is 0.